The van der Waals surface area contributed by atoms with Gasteiger partial charge < -0.3 is 19.3 Å². The Labute approximate surface area is 178 Å². The van der Waals surface area contributed by atoms with E-state index in [2.05, 4.69) is 29.1 Å². The zero-order valence-corrected chi connectivity index (χ0v) is 17.8. The summed E-state index contributed by atoms with van der Waals surface area (Å²) >= 11 is 0. The van der Waals surface area contributed by atoms with E-state index in [1.807, 2.05) is 17.0 Å². The summed E-state index contributed by atoms with van der Waals surface area (Å²) in [5, 5.41) is 0. The fourth-order valence-electron chi connectivity index (χ4n) is 4.25. The van der Waals surface area contributed by atoms with Crippen LogP contribution in [0, 0.1) is 0 Å². The van der Waals surface area contributed by atoms with Gasteiger partial charge in [-0.3, -0.25) is 9.78 Å². The monoisotopic (exact) mass is 409 g/mol. The fraction of sp³-hybridized carbons (Fsp3) is 0.500. The molecule has 4 rings (SSSR count). The number of hydrogen-bond donors (Lipinski definition) is 0. The standard InChI is InChI=1S/C24H31N3O3/c1-26-12-5-6-14-27(24(28)19-8-10-25-11-9-19)13-4-2-3-7-20-15-22-23(30-18-29-22)16-21(20)17-26/h8-11,15-16H,2-7,12-14,17-18H2,1H3. The number of aryl methyl sites for hydroxylation is 1. The Bertz CT molecular complexity index is 856. The number of aromatic nitrogens is 1. The maximum atomic E-state index is 12.9. The molecule has 0 saturated heterocycles. The normalized spacial score (nSPS) is 18.5. The summed E-state index contributed by atoms with van der Waals surface area (Å²) in [6.45, 7) is 3.85. The molecule has 0 saturated carbocycles. The molecule has 6 heteroatoms. The number of hydrogen-bond acceptors (Lipinski definition) is 5. The van der Waals surface area contributed by atoms with E-state index in [4.69, 9.17) is 9.47 Å². The fourth-order valence-corrected chi connectivity index (χ4v) is 4.25. The number of ether oxygens (including phenoxy) is 2. The second kappa shape index (κ2) is 9.94. The first-order chi connectivity index (χ1) is 14.7. The average Bonchev–Trinajstić information content (AvgIpc) is 3.22. The Kier molecular flexibility index (Phi) is 6.84. The van der Waals surface area contributed by atoms with Gasteiger partial charge in [-0.25, -0.2) is 0 Å². The van der Waals surface area contributed by atoms with Crippen LogP contribution in [-0.2, 0) is 13.0 Å². The third-order valence-electron chi connectivity index (χ3n) is 5.94. The predicted octanol–water partition coefficient (Wildman–Crippen LogP) is 3.89. The number of nitrogens with zero attached hydrogens (tertiary/aromatic N) is 3. The summed E-state index contributed by atoms with van der Waals surface area (Å²) in [5.74, 6) is 1.86. The zero-order chi connectivity index (χ0) is 20.8. The molecule has 160 valence electrons. The van der Waals surface area contributed by atoms with Gasteiger partial charge in [0.05, 0.1) is 0 Å². The van der Waals surface area contributed by atoms with Crippen LogP contribution < -0.4 is 9.47 Å². The second-order valence-electron chi connectivity index (χ2n) is 8.26. The lowest BCUT2D eigenvalue weighted by molar-refractivity contribution is 0.0748. The van der Waals surface area contributed by atoms with Crippen molar-refractivity contribution in [2.45, 2.75) is 45.1 Å². The van der Waals surface area contributed by atoms with Crippen molar-refractivity contribution in [2.24, 2.45) is 0 Å². The van der Waals surface area contributed by atoms with Gasteiger partial charge in [-0.05, 0) is 81.1 Å². The lowest BCUT2D eigenvalue weighted by Gasteiger charge is -2.25. The minimum absolute atomic E-state index is 0.121. The van der Waals surface area contributed by atoms with E-state index in [1.54, 1.807) is 12.4 Å². The van der Waals surface area contributed by atoms with Crippen molar-refractivity contribution in [3.05, 3.63) is 53.3 Å². The molecule has 1 aromatic heterocycles. The number of benzene rings is 1. The minimum atomic E-state index is 0.121. The van der Waals surface area contributed by atoms with Crippen molar-refractivity contribution in [2.75, 3.05) is 33.5 Å². The van der Waals surface area contributed by atoms with Crippen LogP contribution >= 0.6 is 0 Å². The van der Waals surface area contributed by atoms with E-state index < -0.39 is 0 Å². The largest absolute Gasteiger partial charge is 0.454 e. The van der Waals surface area contributed by atoms with Crippen molar-refractivity contribution in [3.63, 3.8) is 0 Å². The molecule has 0 bridgehead atoms. The molecular formula is C24H31N3O3. The molecule has 6 nitrogen and oxygen atoms in total. The molecule has 1 amide bonds. The topological polar surface area (TPSA) is 54.9 Å². The van der Waals surface area contributed by atoms with Gasteiger partial charge in [0.15, 0.2) is 11.5 Å². The molecule has 0 spiro atoms. The Balaban J connectivity index is 1.44. The summed E-state index contributed by atoms with van der Waals surface area (Å²) in [6.07, 6.45) is 9.71. The third kappa shape index (κ3) is 5.11. The van der Waals surface area contributed by atoms with Gasteiger partial charge in [0.1, 0.15) is 0 Å². The Hall–Kier alpha value is -2.60. The van der Waals surface area contributed by atoms with E-state index >= 15 is 0 Å². The van der Waals surface area contributed by atoms with Crippen molar-refractivity contribution < 1.29 is 14.3 Å². The molecule has 2 aliphatic heterocycles. The lowest BCUT2D eigenvalue weighted by atomic mass is 9.99. The second-order valence-corrected chi connectivity index (χ2v) is 8.26. The van der Waals surface area contributed by atoms with Crippen LogP contribution in [0.2, 0.25) is 0 Å². The number of carbonyl (C=O) groups is 1. The SMILES string of the molecule is CN1CCCCN(C(=O)c2ccncc2)CCCCCc2cc3c(cc2C1)OCO3. The maximum Gasteiger partial charge on any atom is 0.253 e. The van der Waals surface area contributed by atoms with E-state index in [9.17, 15) is 4.79 Å². The van der Waals surface area contributed by atoms with Gasteiger partial charge in [-0.2, -0.15) is 0 Å². The number of pyridine rings is 1. The number of carbonyl (C=O) groups excluding carboxylic acids is 1. The molecule has 0 N–H and O–H groups in total. The summed E-state index contributed by atoms with van der Waals surface area (Å²) in [6, 6.07) is 7.94. The number of fused-ring (bicyclic) bond motifs is 2. The Morgan fingerprint density at radius 2 is 1.57 bits per heavy atom. The highest BCUT2D eigenvalue weighted by Crippen LogP contribution is 2.36. The molecule has 1 aromatic carbocycles. The summed E-state index contributed by atoms with van der Waals surface area (Å²) in [7, 11) is 2.17. The first-order valence-corrected chi connectivity index (χ1v) is 11.0. The van der Waals surface area contributed by atoms with E-state index in [0.29, 0.717) is 6.79 Å². The molecule has 30 heavy (non-hydrogen) atoms. The van der Waals surface area contributed by atoms with Crippen molar-refractivity contribution in [3.8, 4) is 11.5 Å². The lowest BCUT2D eigenvalue weighted by Crippen LogP contribution is -2.33. The number of amides is 1. The molecule has 2 aromatic rings. The smallest absolute Gasteiger partial charge is 0.253 e. The Morgan fingerprint density at radius 1 is 0.900 bits per heavy atom. The summed E-state index contributed by atoms with van der Waals surface area (Å²) in [4.78, 5) is 21.4. The van der Waals surface area contributed by atoms with Gasteiger partial charge in [-0.15, -0.1) is 0 Å². The molecule has 0 unspecified atom stereocenters. The minimum Gasteiger partial charge on any atom is -0.454 e. The van der Waals surface area contributed by atoms with Gasteiger partial charge in [0.25, 0.3) is 5.91 Å². The van der Waals surface area contributed by atoms with E-state index in [0.717, 1.165) is 81.8 Å². The molecular weight excluding hydrogens is 378 g/mol. The Morgan fingerprint density at radius 3 is 2.33 bits per heavy atom. The van der Waals surface area contributed by atoms with E-state index in [1.165, 1.54) is 11.1 Å². The highest BCUT2D eigenvalue weighted by atomic mass is 16.7. The first-order valence-electron chi connectivity index (χ1n) is 11.0. The highest BCUT2D eigenvalue weighted by Gasteiger charge is 2.19. The highest BCUT2D eigenvalue weighted by molar-refractivity contribution is 5.94. The van der Waals surface area contributed by atoms with Crippen LogP contribution in [-0.4, -0.2) is 54.2 Å². The van der Waals surface area contributed by atoms with Crippen LogP contribution in [0.4, 0.5) is 0 Å². The molecule has 0 radical (unpaired) electrons. The third-order valence-corrected chi connectivity index (χ3v) is 5.94. The molecule has 2 aliphatic rings. The first kappa shape index (κ1) is 20.7. The van der Waals surface area contributed by atoms with Gasteiger partial charge >= 0.3 is 0 Å². The summed E-state index contributed by atoms with van der Waals surface area (Å²) in [5.41, 5.74) is 3.43. The van der Waals surface area contributed by atoms with Crippen molar-refractivity contribution in [1.82, 2.24) is 14.8 Å². The van der Waals surface area contributed by atoms with Crippen LogP contribution in [0.1, 0.15) is 53.6 Å². The van der Waals surface area contributed by atoms with Gasteiger partial charge in [-0.1, -0.05) is 6.42 Å². The quantitative estimate of drug-likeness (QED) is 0.715. The molecule has 3 heterocycles. The van der Waals surface area contributed by atoms with Crippen molar-refractivity contribution >= 4 is 5.91 Å². The van der Waals surface area contributed by atoms with Gasteiger partial charge in [0.2, 0.25) is 6.79 Å². The maximum absolute atomic E-state index is 12.9. The van der Waals surface area contributed by atoms with Crippen LogP contribution in [0.25, 0.3) is 0 Å². The summed E-state index contributed by atoms with van der Waals surface area (Å²) < 4.78 is 11.2. The average molecular weight is 410 g/mol. The van der Waals surface area contributed by atoms with Crippen LogP contribution in [0.5, 0.6) is 11.5 Å². The molecule has 0 aliphatic carbocycles. The molecule has 0 fully saturated rings. The van der Waals surface area contributed by atoms with Crippen LogP contribution in [0.3, 0.4) is 0 Å². The number of rotatable bonds is 1. The zero-order valence-electron chi connectivity index (χ0n) is 17.8. The van der Waals surface area contributed by atoms with E-state index in [-0.39, 0.29) is 5.91 Å². The van der Waals surface area contributed by atoms with Crippen molar-refractivity contribution in [1.29, 1.82) is 0 Å². The van der Waals surface area contributed by atoms with Gasteiger partial charge in [0, 0.05) is 37.6 Å². The van der Waals surface area contributed by atoms with Crippen LogP contribution in [0.15, 0.2) is 36.7 Å². The predicted molar refractivity (Wildman–Crippen MR) is 116 cm³/mol. The molecule has 0 atom stereocenters.